The SMILES string of the molecule is CCCS(=O)(=O)c1ccccc1CC(CC)NC. The number of sulfone groups is 1. The number of rotatable bonds is 7. The second kappa shape index (κ2) is 6.90. The Hall–Kier alpha value is -0.870. The Morgan fingerprint density at radius 2 is 1.89 bits per heavy atom. The summed E-state index contributed by atoms with van der Waals surface area (Å²) in [5.74, 6) is 0.223. The minimum atomic E-state index is -3.13. The standard InChI is InChI=1S/C14H23NO2S/c1-4-10-18(16,17)14-9-7-6-8-12(14)11-13(5-2)15-3/h6-9,13,15H,4-5,10-11H2,1-3H3. The molecule has 0 aromatic heterocycles. The second-order valence-electron chi connectivity index (χ2n) is 4.52. The molecule has 1 aromatic rings. The Kier molecular flexibility index (Phi) is 5.82. The van der Waals surface area contributed by atoms with E-state index in [1.807, 2.05) is 26.1 Å². The van der Waals surface area contributed by atoms with Gasteiger partial charge >= 0.3 is 0 Å². The van der Waals surface area contributed by atoms with Crippen LogP contribution in [0.25, 0.3) is 0 Å². The number of hydrogen-bond donors (Lipinski definition) is 1. The molecule has 0 aliphatic heterocycles. The minimum absolute atomic E-state index is 0.223. The molecule has 0 fully saturated rings. The highest BCUT2D eigenvalue weighted by Gasteiger charge is 2.18. The molecule has 0 saturated heterocycles. The van der Waals surface area contributed by atoms with Crippen LogP contribution in [0.1, 0.15) is 32.3 Å². The lowest BCUT2D eigenvalue weighted by Crippen LogP contribution is -2.27. The predicted molar refractivity (Wildman–Crippen MR) is 75.6 cm³/mol. The van der Waals surface area contributed by atoms with Crippen molar-refractivity contribution >= 4 is 9.84 Å². The summed E-state index contributed by atoms with van der Waals surface area (Å²) < 4.78 is 24.4. The molecule has 0 amide bonds. The van der Waals surface area contributed by atoms with E-state index in [-0.39, 0.29) is 5.75 Å². The molecule has 1 aromatic carbocycles. The molecule has 4 heteroatoms. The van der Waals surface area contributed by atoms with Gasteiger partial charge in [0.2, 0.25) is 0 Å². The fourth-order valence-electron chi connectivity index (χ4n) is 2.07. The van der Waals surface area contributed by atoms with Crippen molar-refractivity contribution in [2.75, 3.05) is 12.8 Å². The summed E-state index contributed by atoms with van der Waals surface area (Å²) in [5, 5.41) is 3.22. The van der Waals surface area contributed by atoms with Gasteiger partial charge in [-0.3, -0.25) is 0 Å². The molecule has 3 nitrogen and oxygen atoms in total. The van der Waals surface area contributed by atoms with Gasteiger partial charge in [0.15, 0.2) is 9.84 Å². The maximum absolute atomic E-state index is 12.2. The molecule has 102 valence electrons. The summed E-state index contributed by atoms with van der Waals surface area (Å²) in [7, 11) is -1.22. The molecule has 0 aliphatic carbocycles. The zero-order valence-electron chi connectivity index (χ0n) is 11.4. The summed E-state index contributed by atoms with van der Waals surface area (Å²) in [4.78, 5) is 0.501. The monoisotopic (exact) mass is 269 g/mol. The van der Waals surface area contributed by atoms with E-state index < -0.39 is 9.84 Å². The van der Waals surface area contributed by atoms with Crippen LogP contribution in [0.3, 0.4) is 0 Å². The largest absolute Gasteiger partial charge is 0.317 e. The van der Waals surface area contributed by atoms with Gasteiger partial charge in [-0.2, -0.15) is 0 Å². The number of nitrogens with one attached hydrogen (secondary N) is 1. The highest BCUT2D eigenvalue weighted by Crippen LogP contribution is 2.19. The maximum atomic E-state index is 12.2. The van der Waals surface area contributed by atoms with Crippen molar-refractivity contribution in [2.24, 2.45) is 0 Å². The Labute approximate surface area is 111 Å². The van der Waals surface area contributed by atoms with E-state index in [1.165, 1.54) is 0 Å². The smallest absolute Gasteiger partial charge is 0.178 e. The zero-order valence-corrected chi connectivity index (χ0v) is 12.3. The third-order valence-corrected chi connectivity index (χ3v) is 5.16. The quantitative estimate of drug-likeness (QED) is 0.827. The molecular weight excluding hydrogens is 246 g/mol. The normalized spacial score (nSPS) is 13.5. The van der Waals surface area contributed by atoms with E-state index in [0.29, 0.717) is 17.4 Å². The first-order chi connectivity index (χ1) is 8.55. The Balaban J connectivity index is 3.07. The third kappa shape index (κ3) is 3.82. The molecule has 0 saturated carbocycles. The van der Waals surface area contributed by atoms with Crippen LogP contribution >= 0.6 is 0 Å². The van der Waals surface area contributed by atoms with Crippen molar-refractivity contribution in [1.29, 1.82) is 0 Å². The van der Waals surface area contributed by atoms with Gasteiger partial charge in [0.25, 0.3) is 0 Å². The van der Waals surface area contributed by atoms with E-state index in [4.69, 9.17) is 0 Å². The van der Waals surface area contributed by atoms with Crippen LogP contribution in [0.5, 0.6) is 0 Å². The van der Waals surface area contributed by atoms with Crippen molar-refractivity contribution in [3.63, 3.8) is 0 Å². The van der Waals surface area contributed by atoms with Crippen LogP contribution in [-0.2, 0) is 16.3 Å². The van der Waals surface area contributed by atoms with E-state index in [0.717, 1.165) is 18.4 Å². The van der Waals surface area contributed by atoms with Crippen molar-refractivity contribution in [3.8, 4) is 0 Å². The molecule has 0 aliphatic rings. The van der Waals surface area contributed by atoms with Crippen molar-refractivity contribution in [1.82, 2.24) is 5.32 Å². The molecule has 0 spiro atoms. The number of hydrogen-bond acceptors (Lipinski definition) is 3. The molecule has 0 radical (unpaired) electrons. The van der Waals surface area contributed by atoms with Crippen molar-refractivity contribution in [3.05, 3.63) is 29.8 Å². The summed E-state index contributed by atoms with van der Waals surface area (Å²) in [6, 6.07) is 7.67. The van der Waals surface area contributed by atoms with Gasteiger partial charge in [-0.25, -0.2) is 8.42 Å². The van der Waals surface area contributed by atoms with E-state index in [1.54, 1.807) is 12.1 Å². The maximum Gasteiger partial charge on any atom is 0.178 e. The second-order valence-corrected chi connectivity index (χ2v) is 6.60. The van der Waals surface area contributed by atoms with Gasteiger partial charge in [-0.15, -0.1) is 0 Å². The number of benzene rings is 1. The van der Waals surface area contributed by atoms with Crippen LogP contribution in [-0.4, -0.2) is 27.3 Å². The van der Waals surface area contributed by atoms with Gasteiger partial charge in [0.05, 0.1) is 10.6 Å². The Bertz CT molecular complexity index is 464. The first kappa shape index (κ1) is 15.2. The lowest BCUT2D eigenvalue weighted by atomic mass is 10.0. The van der Waals surface area contributed by atoms with Crippen molar-refractivity contribution in [2.45, 2.75) is 44.0 Å². The topological polar surface area (TPSA) is 46.2 Å². The van der Waals surface area contributed by atoms with Gasteiger partial charge in [-0.05, 0) is 37.9 Å². The van der Waals surface area contributed by atoms with Gasteiger partial charge in [0.1, 0.15) is 0 Å². The van der Waals surface area contributed by atoms with Gasteiger partial charge < -0.3 is 5.32 Å². The first-order valence-corrected chi connectivity index (χ1v) is 8.18. The van der Waals surface area contributed by atoms with Gasteiger partial charge in [0, 0.05) is 6.04 Å². The average molecular weight is 269 g/mol. The Morgan fingerprint density at radius 3 is 2.44 bits per heavy atom. The lowest BCUT2D eigenvalue weighted by Gasteiger charge is -2.16. The minimum Gasteiger partial charge on any atom is -0.317 e. The molecule has 1 atom stereocenters. The van der Waals surface area contributed by atoms with E-state index in [9.17, 15) is 8.42 Å². The van der Waals surface area contributed by atoms with Crippen LogP contribution in [0.2, 0.25) is 0 Å². The van der Waals surface area contributed by atoms with E-state index in [2.05, 4.69) is 12.2 Å². The highest BCUT2D eigenvalue weighted by molar-refractivity contribution is 7.91. The molecule has 0 bridgehead atoms. The molecule has 1 rings (SSSR count). The van der Waals surface area contributed by atoms with E-state index >= 15 is 0 Å². The summed E-state index contributed by atoms with van der Waals surface area (Å²) in [6.45, 7) is 3.99. The molecular formula is C14H23NO2S. The molecule has 1 N–H and O–H groups in total. The lowest BCUT2D eigenvalue weighted by molar-refractivity contribution is 0.537. The fraction of sp³-hybridized carbons (Fsp3) is 0.571. The number of likely N-dealkylation sites (N-methyl/N-ethyl adjacent to an activating group) is 1. The fourth-order valence-corrected chi connectivity index (χ4v) is 3.66. The highest BCUT2D eigenvalue weighted by atomic mass is 32.2. The zero-order chi connectivity index (χ0) is 13.6. The summed E-state index contributed by atoms with van der Waals surface area (Å²) in [6.07, 6.45) is 2.39. The summed E-state index contributed by atoms with van der Waals surface area (Å²) in [5.41, 5.74) is 0.923. The third-order valence-electron chi connectivity index (χ3n) is 3.15. The average Bonchev–Trinajstić information content (AvgIpc) is 2.36. The predicted octanol–water partition coefficient (Wildman–Crippen LogP) is 2.41. The Morgan fingerprint density at radius 1 is 1.22 bits per heavy atom. The molecule has 18 heavy (non-hydrogen) atoms. The van der Waals surface area contributed by atoms with Crippen LogP contribution in [0.4, 0.5) is 0 Å². The first-order valence-electron chi connectivity index (χ1n) is 6.53. The molecule has 0 heterocycles. The molecule has 1 unspecified atom stereocenters. The van der Waals surface area contributed by atoms with Gasteiger partial charge in [-0.1, -0.05) is 32.0 Å². The van der Waals surface area contributed by atoms with Crippen LogP contribution in [0, 0.1) is 0 Å². The van der Waals surface area contributed by atoms with Crippen molar-refractivity contribution < 1.29 is 8.42 Å². The summed E-state index contributed by atoms with van der Waals surface area (Å²) >= 11 is 0. The van der Waals surface area contributed by atoms with Crippen LogP contribution in [0.15, 0.2) is 29.2 Å². The van der Waals surface area contributed by atoms with Crippen LogP contribution < -0.4 is 5.32 Å².